The summed E-state index contributed by atoms with van der Waals surface area (Å²) in [4.78, 5) is 15.1. The molecule has 0 bridgehead atoms. The molecule has 0 spiro atoms. The van der Waals surface area contributed by atoms with Crippen LogP contribution in [0.25, 0.3) is 6.08 Å². The maximum Gasteiger partial charge on any atom is 0.247 e. The molecule has 0 aliphatic carbocycles. The van der Waals surface area contributed by atoms with Crippen LogP contribution in [-0.4, -0.2) is 29.1 Å². The zero-order chi connectivity index (χ0) is 16.2. The van der Waals surface area contributed by atoms with E-state index in [0.717, 1.165) is 21.8 Å². The van der Waals surface area contributed by atoms with E-state index in [0.29, 0.717) is 24.7 Å². The van der Waals surface area contributed by atoms with Gasteiger partial charge in [0.2, 0.25) is 5.91 Å². The molecule has 4 nitrogen and oxygen atoms in total. The molecular weight excluding hydrogens is 334 g/mol. The van der Waals surface area contributed by atoms with Gasteiger partial charge in [0.15, 0.2) is 0 Å². The number of aliphatic hydroxyl groups is 1. The van der Waals surface area contributed by atoms with Crippen LogP contribution in [0.1, 0.15) is 16.0 Å². The van der Waals surface area contributed by atoms with E-state index in [-0.39, 0.29) is 12.5 Å². The Morgan fingerprint density at radius 3 is 3.09 bits per heavy atom. The molecule has 1 N–H and O–H groups in total. The van der Waals surface area contributed by atoms with E-state index in [1.165, 1.54) is 11.3 Å². The number of benzene rings is 1. The van der Waals surface area contributed by atoms with Crippen LogP contribution in [0.5, 0.6) is 5.75 Å². The number of nitrogens with zero attached hydrogens (tertiary/aromatic N) is 1. The van der Waals surface area contributed by atoms with E-state index >= 15 is 0 Å². The highest BCUT2D eigenvalue weighted by Gasteiger charge is 2.18. The molecule has 1 aliphatic rings. The van der Waals surface area contributed by atoms with Crippen molar-refractivity contribution in [1.29, 1.82) is 0 Å². The number of carbonyl (C=O) groups excluding carboxylic acids is 1. The Morgan fingerprint density at radius 2 is 2.30 bits per heavy atom. The van der Waals surface area contributed by atoms with Gasteiger partial charge in [0.1, 0.15) is 12.4 Å². The molecule has 1 amide bonds. The van der Waals surface area contributed by atoms with Crippen molar-refractivity contribution in [2.24, 2.45) is 0 Å². The minimum atomic E-state index is -0.0691. The molecule has 6 heteroatoms. The summed E-state index contributed by atoms with van der Waals surface area (Å²) in [5.74, 6) is 0.708. The second-order valence-corrected chi connectivity index (χ2v) is 6.59. The van der Waals surface area contributed by atoms with Crippen LogP contribution in [-0.2, 0) is 17.9 Å². The minimum Gasteiger partial charge on any atom is -0.491 e. The van der Waals surface area contributed by atoms with Crippen LogP contribution < -0.4 is 4.74 Å². The van der Waals surface area contributed by atoms with E-state index in [9.17, 15) is 4.79 Å². The summed E-state index contributed by atoms with van der Waals surface area (Å²) < 4.78 is 5.66. The second kappa shape index (κ2) is 7.17. The molecule has 120 valence electrons. The maximum atomic E-state index is 12.4. The minimum absolute atomic E-state index is 0.0132. The lowest BCUT2D eigenvalue weighted by atomic mass is 10.2. The van der Waals surface area contributed by atoms with Crippen molar-refractivity contribution >= 4 is 34.9 Å². The number of ether oxygens (including phenoxy) is 1. The first-order chi connectivity index (χ1) is 11.2. The molecular formula is C17H16ClNO3S. The summed E-state index contributed by atoms with van der Waals surface area (Å²) >= 11 is 7.52. The fourth-order valence-corrected chi connectivity index (χ4v) is 3.37. The Kier molecular flexibility index (Phi) is 5.00. The smallest absolute Gasteiger partial charge is 0.247 e. The van der Waals surface area contributed by atoms with Crippen molar-refractivity contribution in [2.75, 3.05) is 13.2 Å². The molecule has 2 aromatic rings. The lowest BCUT2D eigenvalue weighted by Crippen LogP contribution is -2.30. The van der Waals surface area contributed by atoms with Gasteiger partial charge in [-0.1, -0.05) is 11.6 Å². The first kappa shape index (κ1) is 16.1. The molecule has 1 aliphatic heterocycles. The number of carbonyl (C=O) groups is 1. The van der Waals surface area contributed by atoms with Gasteiger partial charge in [0.05, 0.1) is 13.2 Å². The number of rotatable bonds is 3. The average Bonchev–Trinajstić information content (AvgIpc) is 2.91. The number of thiophene rings is 1. The largest absolute Gasteiger partial charge is 0.491 e. The third-order valence-electron chi connectivity index (χ3n) is 3.56. The highest BCUT2D eigenvalue weighted by Crippen LogP contribution is 2.26. The SMILES string of the molecule is O=C(C=Cc1cc(CO)cs1)N1CCOc2ccc(Cl)cc2C1. The summed E-state index contributed by atoms with van der Waals surface area (Å²) in [7, 11) is 0. The summed E-state index contributed by atoms with van der Waals surface area (Å²) in [5, 5.41) is 11.6. The van der Waals surface area contributed by atoms with Gasteiger partial charge in [-0.2, -0.15) is 0 Å². The number of halogens is 1. The summed E-state index contributed by atoms with van der Waals surface area (Å²) in [6.07, 6.45) is 3.33. The second-order valence-electron chi connectivity index (χ2n) is 5.21. The van der Waals surface area contributed by atoms with E-state index in [4.69, 9.17) is 21.4 Å². The Hall–Kier alpha value is -1.82. The first-order valence-electron chi connectivity index (χ1n) is 7.22. The molecule has 0 fully saturated rings. The molecule has 23 heavy (non-hydrogen) atoms. The van der Waals surface area contributed by atoms with Gasteiger partial charge >= 0.3 is 0 Å². The van der Waals surface area contributed by atoms with Crippen LogP contribution in [0.2, 0.25) is 5.02 Å². The topological polar surface area (TPSA) is 49.8 Å². The molecule has 0 atom stereocenters. The molecule has 0 saturated heterocycles. The fraction of sp³-hybridized carbons (Fsp3) is 0.235. The van der Waals surface area contributed by atoms with Crippen molar-refractivity contribution in [1.82, 2.24) is 4.90 Å². The highest BCUT2D eigenvalue weighted by atomic mass is 35.5. The third kappa shape index (κ3) is 3.93. The van der Waals surface area contributed by atoms with Gasteiger partial charge in [-0.25, -0.2) is 0 Å². The van der Waals surface area contributed by atoms with Crippen LogP contribution in [0.15, 0.2) is 35.7 Å². The predicted octanol–water partition coefficient (Wildman–Crippen LogP) is 3.33. The molecule has 0 saturated carbocycles. The molecule has 0 unspecified atom stereocenters. The van der Waals surface area contributed by atoms with Crippen LogP contribution in [0, 0.1) is 0 Å². The number of hydrogen-bond acceptors (Lipinski definition) is 4. The number of fused-ring (bicyclic) bond motifs is 1. The van der Waals surface area contributed by atoms with Gasteiger partial charge < -0.3 is 14.7 Å². The molecule has 3 rings (SSSR count). The van der Waals surface area contributed by atoms with Crippen molar-refractivity contribution in [3.05, 3.63) is 56.7 Å². The standard InChI is InChI=1S/C17H16ClNO3S/c18-14-1-3-16-13(8-14)9-19(5-6-22-16)17(21)4-2-15-7-12(10-20)11-23-15/h1-4,7-8,11,20H,5-6,9-10H2. The molecule has 1 aromatic carbocycles. The number of hydrogen-bond donors (Lipinski definition) is 1. The van der Waals surface area contributed by atoms with Crippen molar-refractivity contribution in [3.8, 4) is 5.75 Å². The van der Waals surface area contributed by atoms with Crippen LogP contribution in [0.3, 0.4) is 0 Å². The highest BCUT2D eigenvalue weighted by molar-refractivity contribution is 7.11. The van der Waals surface area contributed by atoms with Gasteiger partial charge in [-0.05, 0) is 41.3 Å². The van der Waals surface area contributed by atoms with Crippen LogP contribution >= 0.6 is 22.9 Å². The van der Waals surface area contributed by atoms with Gasteiger partial charge in [-0.3, -0.25) is 4.79 Å². The Bertz CT molecular complexity index is 741. The molecule has 0 radical (unpaired) electrons. The number of aliphatic hydroxyl groups excluding tert-OH is 1. The van der Waals surface area contributed by atoms with Crippen molar-refractivity contribution in [3.63, 3.8) is 0 Å². The van der Waals surface area contributed by atoms with Gasteiger partial charge in [0.25, 0.3) is 0 Å². The van der Waals surface area contributed by atoms with E-state index in [1.54, 1.807) is 23.1 Å². The van der Waals surface area contributed by atoms with Gasteiger partial charge in [0, 0.05) is 28.1 Å². The van der Waals surface area contributed by atoms with E-state index in [2.05, 4.69) is 0 Å². The number of amides is 1. The summed E-state index contributed by atoms with van der Waals surface area (Å²) in [6.45, 7) is 1.48. The summed E-state index contributed by atoms with van der Waals surface area (Å²) in [6, 6.07) is 7.32. The zero-order valence-corrected chi connectivity index (χ0v) is 13.9. The van der Waals surface area contributed by atoms with E-state index < -0.39 is 0 Å². The Labute approximate surface area is 143 Å². The average molecular weight is 350 g/mol. The lowest BCUT2D eigenvalue weighted by Gasteiger charge is -2.17. The van der Waals surface area contributed by atoms with Crippen molar-refractivity contribution in [2.45, 2.75) is 13.2 Å². The molecule has 1 aromatic heterocycles. The normalized spacial score (nSPS) is 14.4. The monoisotopic (exact) mass is 349 g/mol. The predicted molar refractivity (Wildman–Crippen MR) is 91.6 cm³/mol. The van der Waals surface area contributed by atoms with Crippen LogP contribution in [0.4, 0.5) is 0 Å². The van der Waals surface area contributed by atoms with Gasteiger partial charge in [-0.15, -0.1) is 11.3 Å². The zero-order valence-electron chi connectivity index (χ0n) is 12.4. The van der Waals surface area contributed by atoms with Crippen molar-refractivity contribution < 1.29 is 14.6 Å². The quantitative estimate of drug-likeness (QED) is 0.865. The third-order valence-corrected chi connectivity index (χ3v) is 4.74. The Balaban J connectivity index is 1.72. The summed E-state index contributed by atoms with van der Waals surface area (Å²) in [5.41, 5.74) is 1.77. The Morgan fingerprint density at radius 1 is 1.43 bits per heavy atom. The van der Waals surface area contributed by atoms with E-state index in [1.807, 2.05) is 23.6 Å². The maximum absolute atomic E-state index is 12.4. The fourth-order valence-electron chi connectivity index (χ4n) is 2.37. The lowest BCUT2D eigenvalue weighted by molar-refractivity contribution is -0.126. The molecule has 2 heterocycles. The first-order valence-corrected chi connectivity index (χ1v) is 8.48.